The second-order valence-electron chi connectivity index (χ2n) is 23.8. The number of aliphatic hydroxyl groups excluding tert-OH is 2. The molecule has 81 heavy (non-hydrogen) atoms. The van der Waals surface area contributed by atoms with Crippen LogP contribution in [0.3, 0.4) is 0 Å². The maximum Gasteiger partial charge on any atom is 0.335 e. The molecule has 474 valence electrons. The number of unbranched alkanes of at least 4 members (excludes halogenated alkanes) is 42. The molecule has 1 saturated heterocycles. The number of esters is 3. The van der Waals surface area contributed by atoms with Crippen molar-refractivity contribution in [2.45, 2.75) is 379 Å². The average molecular weight is 1150 g/mol. The number of ether oxygens (including phenoxy) is 5. The van der Waals surface area contributed by atoms with Gasteiger partial charge in [0.15, 0.2) is 24.6 Å². The van der Waals surface area contributed by atoms with E-state index in [1.54, 1.807) is 0 Å². The van der Waals surface area contributed by atoms with E-state index in [1.165, 1.54) is 212 Å². The summed E-state index contributed by atoms with van der Waals surface area (Å²) in [7, 11) is 0. The van der Waals surface area contributed by atoms with Gasteiger partial charge in [0.05, 0.1) is 6.61 Å². The Labute approximate surface area is 496 Å². The van der Waals surface area contributed by atoms with Crippen molar-refractivity contribution in [2.24, 2.45) is 0 Å². The molecular formula is C69H126O12. The van der Waals surface area contributed by atoms with E-state index in [1.807, 2.05) is 0 Å². The van der Waals surface area contributed by atoms with Crippen LogP contribution in [0.15, 0.2) is 24.3 Å². The zero-order chi connectivity index (χ0) is 58.9. The molecule has 1 heterocycles. The molecule has 0 spiro atoms. The van der Waals surface area contributed by atoms with Crippen molar-refractivity contribution in [3.63, 3.8) is 0 Å². The van der Waals surface area contributed by atoms with Crippen LogP contribution in [0.25, 0.3) is 0 Å². The summed E-state index contributed by atoms with van der Waals surface area (Å²) in [5.74, 6) is -3.08. The Kier molecular flexibility index (Phi) is 54.2. The van der Waals surface area contributed by atoms with Gasteiger partial charge in [0, 0.05) is 19.3 Å². The van der Waals surface area contributed by atoms with Crippen LogP contribution < -0.4 is 0 Å². The predicted molar refractivity (Wildman–Crippen MR) is 331 cm³/mol. The maximum atomic E-state index is 13.2. The zero-order valence-corrected chi connectivity index (χ0v) is 52.6. The molecule has 0 radical (unpaired) electrons. The fraction of sp³-hybridized carbons (Fsp3) is 0.884. The predicted octanol–water partition coefficient (Wildman–Crippen LogP) is 18.6. The summed E-state index contributed by atoms with van der Waals surface area (Å²) in [6.45, 7) is 6.03. The molecule has 0 amide bonds. The molecule has 12 nitrogen and oxygen atoms in total. The van der Waals surface area contributed by atoms with Gasteiger partial charge in [-0.25, -0.2) is 4.79 Å². The third-order valence-corrected chi connectivity index (χ3v) is 16.0. The molecule has 1 rings (SSSR count). The quantitative estimate of drug-likeness (QED) is 0.0228. The van der Waals surface area contributed by atoms with Crippen molar-refractivity contribution in [2.75, 3.05) is 13.2 Å². The maximum absolute atomic E-state index is 13.2. The molecule has 0 bridgehead atoms. The van der Waals surface area contributed by atoms with Crippen LogP contribution in [0.5, 0.6) is 0 Å². The number of carbonyl (C=O) groups is 4. The number of allylic oxidation sites excluding steroid dienone is 4. The molecule has 0 aromatic rings. The van der Waals surface area contributed by atoms with Crippen molar-refractivity contribution in [3.05, 3.63) is 24.3 Å². The van der Waals surface area contributed by atoms with Crippen LogP contribution in [-0.2, 0) is 42.9 Å². The van der Waals surface area contributed by atoms with Crippen molar-refractivity contribution in [1.82, 2.24) is 0 Å². The van der Waals surface area contributed by atoms with E-state index in [-0.39, 0.29) is 25.9 Å². The molecule has 1 aliphatic heterocycles. The van der Waals surface area contributed by atoms with Crippen LogP contribution in [0, 0.1) is 0 Å². The minimum atomic E-state index is -1.90. The van der Waals surface area contributed by atoms with E-state index in [0.717, 1.165) is 70.6 Å². The van der Waals surface area contributed by atoms with Gasteiger partial charge < -0.3 is 39.0 Å². The lowest BCUT2D eigenvalue weighted by molar-refractivity contribution is -0.301. The first kappa shape index (κ1) is 76.2. The van der Waals surface area contributed by atoms with Gasteiger partial charge >= 0.3 is 23.9 Å². The standard InChI is InChI=1S/C69H126O12/c1-4-7-10-13-16-19-22-25-27-29-31-33-35-38-40-43-46-49-52-55-61(70)77-58-60(79-62(71)56-53-50-47-44-41-37-24-21-18-15-12-9-6-3)59-78-69-67(65(74)64(73)66(81-69)68(75)76)80-63(72)57-54-51-48-45-42-39-36-34-32-30-28-26-23-20-17-14-11-8-5-2/h16,19,25,27,60,64-67,69,73-74H,4-15,17-18,20-24,26,28-59H2,1-3H3,(H,75,76)/b19-16-,27-25-. The van der Waals surface area contributed by atoms with E-state index in [0.29, 0.717) is 19.3 Å². The molecule has 6 atom stereocenters. The van der Waals surface area contributed by atoms with Crippen LogP contribution >= 0.6 is 0 Å². The average Bonchev–Trinajstić information content (AvgIpc) is 3.45. The SMILES string of the molecule is CCCCC/C=C\C/C=C\CCCCCCCCCCCC(=O)OCC(COC1OC(C(=O)O)C(O)C(O)C1OC(=O)CCCCCCCCCCCCCCCCCCCCC)OC(=O)CCCCCCCCCCCCCCC. The number of aliphatic carboxylic acids is 1. The van der Waals surface area contributed by atoms with Gasteiger partial charge in [0.2, 0.25) is 0 Å². The number of carboxylic acids is 1. The van der Waals surface area contributed by atoms with Crippen LogP contribution in [0.2, 0.25) is 0 Å². The summed E-state index contributed by atoms with van der Waals surface area (Å²) in [6.07, 6.45) is 55.6. The van der Waals surface area contributed by atoms with Crippen molar-refractivity contribution in [1.29, 1.82) is 0 Å². The van der Waals surface area contributed by atoms with E-state index in [9.17, 15) is 34.5 Å². The number of aliphatic hydroxyl groups is 2. The zero-order valence-electron chi connectivity index (χ0n) is 52.6. The third-order valence-electron chi connectivity index (χ3n) is 16.0. The molecule has 0 aromatic heterocycles. The number of hydrogen-bond donors (Lipinski definition) is 3. The van der Waals surface area contributed by atoms with Gasteiger partial charge in [0.1, 0.15) is 18.8 Å². The Hall–Kier alpha value is -2.80. The lowest BCUT2D eigenvalue weighted by atomic mass is 9.98. The topological polar surface area (TPSA) is 175 Å². The first-order valence-electron chi connectivity index (χ1n) is 34.3. The van der Waals surface area contributed by atoms with Gasteiger partial charge in [-0.15, -0.1) is 0 Å². The normalized spacial score (nSPS) is 17.8. The summed E-state index contributed by atoms with van der Waals surface area (Å²) in [6, 6.07) is 0. The van der Waals surface area contributed by atoms with E-state index < -0.39 is 67.3 Å². The lowest BCUT2D eigenvalue weighted by Gasteiger charge is -2.40. The first-order valence-corrected chi connectivity index (χ1v) is 34.3. The number of rotatable bonds is 60. The van der Waals surface area contributed by atoms with Gasteiger partial charge in [-0.3, -0.25) is 14.4 Å². The minimum Gasteiger partial charge on any atom is -0.479 e. The molecule has 1 fully saturated rings. The highest BCUT2D eigenvalue weighted by Crippen LogP contribution is 2.27. The smallest absolute Gasteiger partial charge is 0.335 e. The number of carbonyl (C=O) groups excluding carboxylic acids is 3. The highest BCUT2D eigenvalue weighted by Gasteiger charge is 2.50. The molecule has 3 N–H and O–H groups in total. The first-order chi connectivity index (χ1) is 39.6. The second-order valence-corrected chi connectivity index (χ2v) is 23.8. The summed E-state index contributed by atoms with van der Waals surface area (Å²) in [5.41, 5.74) is 0. The highest BCUT2D eigenvalue weighted by molar-refractivity contribution is 5.74. The Balaban J connectivity index is 2.60. The fourth-order valence-corrected chi connectivity index (χ4v) is 10.8. The fourth-order valence-electron chi connectivity index (χ4n) is 10.8. The third kappa shape index (κ3) is 47.2. The van der Waals surface area contributed by atoms with Crippen molar-refractivity contribution in [3.8, 4) is 0 Å². The lowest BCUT2D eigenvalue weighted by Crippen LogP contribution is -2.61. The van der Waals surface area contributed by atoms with Crippen LogP contribution in [-0.4, -0.2) is 89.2 Å². The van der Waals surface area contributed by atoms with Crippen molar-refractivity contribution >= 4 is 23.9 Å². The molecule has 0 aromatic carbocycles. The number of carboxylic acid groups (broad SMARTS) is 1. The minimum absolute atomic E-state index is 0.0683. The Morgan fingerprint density at radius 2 is 0.741 bits per heavy atom. The largest absolute Gasteiger partial charge is 0.479 e. The van der Waals surface area contributed by atoms with E-state index in [2.05, 4.69) is 45.1 Å². The van der Waals surface area contributed by atoms with Crippen LogP contribution in [0.4, 0.5) is 0 Å². The highest BCUT2D eigenvalue weighted by atomic mass is 16.7. The monoisotopic (exact) mass is 1150 g/mol. The van der Waals surface area contributed by atoms with E-state index >= 15 is 0 Å². The van der Waals surface area contributed by atoms with Gasteiger partial charge in [0.25, 0.3) is 0 Å². The molecule has 6 unspecified atom stereocenters. The summed E-state index contributed by atoms with van der Waals surface area (Å²) in [4.78, 5) is 51.4. The van der Waals surface area contributed by atoms with Crippen LogP contribution in [0.1, 0.15) is 342 Å². The molecule has 0 aliphatic carbocycles. The summed E-state index contributed by atoms with van der Waals surface area (Å²) in [5, 5.41) is 31.6. The van der Waals surface area contributed by atoms with Gasteiger partial charge in [-0.2, -0.15) is 0 Å². The van der Waals surface area contributed by atoms with Crippen molar-refractivity contribution < 1.29 is 58.2 Å². The molecule has 0 saturated carbocycles. The second kappa shape index (κ2) is 57.6. The molecule has 1 aliphatic rings. The molecule has 12 heteroatoms. The van der Waals surface area contributed by atoms with Gasteiger partial charge in [-0.05, 0) is 51.4 Å². The number of hydrogen-bond acceptors (Lipinski definition) is 11. The van der Waals surface area contributed by atoms with E-state index in [4.69, 9.17) is 23.7 Å². The Bertz CT molecular complexity index is 1500. The van der Waals surface area contributed by atoms with Gasteiger partial charge in [-0.1, -0.05) is 295 Å². The molecular weight excluding hydrogens is 1020 g/mol. The summed E-state index contributed by atoms with van der Waals surface area (Å²) < 4.78 is 28.6. The Morgan fingerprint density at radius 3 is 1.14 bits per heavy atom. The summed E-state index contributed by atoms with van der Waals surface area (Å²) >= 11 is 0. The Morgan fingerprint density at radius 1 is 0.407 bits per heavy atom.